The lowest BCUT2D eigenvalue weighted by atomic mass is 10.2. The molecule has 18 heavy (non-hydrogen) atoms. The summed E-state index contributed by atoms with van der Waals surface area (Å²) in [6.07, 6.45) is 2.58. The third kappa shape index (κ3) is 2.61. The number of rotatable bonds is 5. The number of aromatic nitrogens is 3. The molecule has 7 heteroatoms. The second kappa shape index (κ2) is 4.93. The Balaban J connectivity index is 2.27. The zero-order valence-corrected chi connectivity index (χ0v) is 11.4. The van der Waals surface area contributed by atoms with Crippen LogP contribution >= 0.6 is 0 Å². The van der Waals surface area contributed by atoms with Gasteiger partial charge in [-0.3, -0.25) is 5.43 Å². The van der Waals surface area contributed by atoms with Crippen LogP contribution in [0.4, 0.5) is 17.8 Å². The fourth-order valence-electron chi connectivity index (χ4n) is 1.85. The van der Waals surface area contributed by atoms with Gasteiger partial charge in [-0.25, -0.2) is 5.84 Å². The first-order chi connectivity index (χ1) is 8.52. The molecule has 0 saturated heterocycles. The van der Waals surface area contributed by atoms with Gasteiger partial charge >= 0.3 is 0 Å². The van der Waals surface area contributed by atoms with E-state index >= 15 is 0 Å². The maximum absolute atomic E-state index is 5.40. The predicted octanol–water partition coefficient (Wildman–Crippen LogP) is 0.458. The highest BCUT2D eigenvalue weighted by Gasteiger charge is 2.31. The van der Waals surface area contributed by atoms with E-state index in [0.29, 0.717) is 23.9 Å². The smallest absolute Gasteiger partial charge is 0.243 e. The van der Waals surface area contributed by atoms with Gasteiger partial charge in [0.15, 0.2) is 0 Å². The van der Waals surface area contributed by atoms with Crippen LogP contribution < -0.4 is 21.1 Å². The molecule has 0 radical (unpaired) electrons. The molecule has 0 aliphatic heterocycles. The first kappa shape index (κ1) is 12.8. The normalized spacial score (nSPS) is 16.3. The molecule has 1 unspecified atom stereocenters. The minimum atomic E-state index is 0.388. The van der Waals surface area contributed by atoms with Gasteiger partial charge in [0.25, 0.3) is 0 Å². The monoisotopic (exact) mass is 251 g/mol. The van der Waals surface area contributed by atoms with Crippen molar-refractivity contribution in [3.8, 4) is 0 Å². The van der Waals surface area contributed by atoms with Gasteiger partial charge in [0, 0.05) is 27.2 Å². The van der Waals surface area contributed by atoms with E-state index in [9.17, 15) is 0 Å². The van der Waals surface area contributed by atoms with Gasteiger partial charge in [0.05, 0.1) is 0 Å². The average molecular weight is 251 g/mol. The summed E-state index contributed by atoms with van der Waals surface area (Å²) in [5.41, 5.74) is 2.49. The van der Waals surface area contributed by atoms with Gasteiger partial charge in [0.2, 0.25) is 17.8 Å². The topological polar surface area (TPSA) is 83.2 Å². The summed E-state index contributed by atoms with van der Waals surface area (Å²) in [6.45, 7) is 2.20. The van der Waals surface area contributed by atoms with Crippen LogP contribution in [0, 0.1) is 5.92 Å². The van der Waals surface area contributed by atoms with Crippen LogP contribution in [0.5, 0.6) is 0 Å². The van der Waals surface area contributed by atoms with Gasteiger partial charge in [-0.2, -0.15) is 15.0 Å². The molecule has 0 aromatic carbocycles. The largest absolute Gasteiger partial charge is 0.347 e. The number of hydrazine groups is 1. The van der Waals surface area contributed by atoms with Crippen molar-refractivity contribution in [3.05, 3.63) is 0 Å². The summed E-state index contributed by atoms with van der Waals surface area (Å²) < 4.78 is 0. The fraction of sp³-hybridized carbons (Fsp3) is 0.727. The zero-order chi connectivity index (χ0) is 13.3. The molecule has 3 N–H and O–H groups in total. The number of nitrogens with zero attached hydrogens (tertiary/aromatic N) is 5. The van der Waals surface area contributed by atoms with Crippen molar-refractivity contribution in [1.29, 1.82) is 0 Å². The van der Waals surface area contributed by atoms with E-state index in [1.165, 1.54) is 12.8 Å². The van der Waals surface area contributed by atoms with Crippen molar-refractivity contribution < 1.29 is 0 Å². The zero-order valence-electron chi connectivity index (χ0n) is 11.4. The van der Waals surface area contributed by atoms with Crippen LogP contribution in [0.1, 0.15) is 19.8 Å². The van der Waals surface area contributed by atoms with E-state index in [1.807, 2.05) is 26.0 Å². The Bertz CT molecular complexity index is 416. The van der Waals surface area contributed by atoms with Gasteiger partial charge in [-0.15, -0.1) is 0 Å². The third-order valence-electron chi connectivity index (χ3n) is 3.37. The number of anilines is 3. The van der Waals surface area contributed by atoms with Crippen molar-refractivity contribution >= 4 is 17.8 Å². The Labute approximate surface area is 107 Å². The summed E-state index contributed by atoms with van der Waals surface area (Å²) in [5, 5.41) is 0. The molecule has 0 spiro atoms. The lowest BCUT2D eigenvalue weighted by molar-refractivity contribution is 0.596. The average Bonchev–Trinajstić information content (AvgIpc) is 3.20. The van der Waals surface area contributed by atoms with Crippen molar-refractivity contribution in [1.82, 2.24) is 15.0 Å². The van der Waals surface area contributed by atoms with Crippen molar-refractivity contribution in [2.75, 3.05) is 36.4 Å². The summed E-state index contributed by atoms with van der Waals surface area (Å²) in [4.78, 5) is 16.9. The Hall–Kier alpha value is -1.63. The standard InChI is InChI=1S/C11H21N7/c1-7(8-5-6-8)18(4)11-14-9(16-12)13-10(15-11)17(2)3/h7-8H,5-6,12H2,1-4H3,(H,13,14,15,16). The Morgan fingerprint density at radius 1 is 1.17 bits per heavy atom. The predicted molar refractivity (Wildman–Crippen MR) is 72.6 cm³/mol. The van der Waals surface area contributed by atoms with E-state index < -0.39 is 0 Å². The van der Waals surface area contributed by atoms with Crippen LogP contribution in [0.25, 0.3) is 0 Å². The Kier molecular flexibility index (Phi) is 3.51. The molecule has 1 aliphatic carbocycles. The van der Waals surface area contributed by atoms with Crippen molar-refractivity contribution in [3.63, 3.8) is 0 Å². The highest BCUT2D eigenvalue weighted by atomic mass is 15.4. The molecule has 1 fully saturated rings. The molecule has 1 aromatic heterocycles. The highest BCUT2D eigenvalue weighted by molar-refractivity contribution is 5.44. The number of nitrogen functional groups attached to an aromatic ring is 1. The van der Waals surface area contributed by atoms with Gasteiger partial charge in [-0.05, 0) is 25.7 Å². The lowest BCUT2D eigenvalue weighted by Crippen LogP contribution is -2.33. The molecule has 1 aliphatic rings. The van der Waals surface area contributed by atoms with Crippen molar-refractivity contribution in [2.24, 2.45) is 11.8 Å². The molecule has 1 saturated carbocycles. The summed E-state index contributed by atoms with van der Waals surface area (Å²) >= 11 is 0. The minimum absolute atomic E-state index is 0.388. The molecule has 2 rings (SSSR count). The maximum atomic E-state index is 5.40. The van der Waals surface area contributed by atoms with Crippen LogP contribution in [-0.2, 0) is 0 Å². The molecule has 0 amide bonds. The summed E-state index contributed by atoms with van der Waals surface area (Å²) in [7, 11) is 5.80. The van der Waals surface area contributed by atoms with Crippen LogP contribution in [-0.4, -0.2) is 42.1 Å². The van der Waals surface area contributed by atoms with E-state index in [1.54, 1.807) is 0 Å². The third-order valence-corrected chi connectivity index (χ3v) is 3.37. The van der Waals surface area contributed by atoms with Crippen molar-refractivity contribution in [2.45, 2.75) is 25.8 Å². The summed E-state index contributed by atoms with van der Waals surface area (Å²) in [5.74, 6) is 7.79. The van der Waals surface area contributed by atoms with Gasteiger partial charge in [-0.1, -0.05) is 0 Å². The molecular formula is C11H21N7. The molecule has 0 bridgehead atoms. The van der Waals surface area contributed by atoms with Crippen LogP contribution in [0.2, 0.25) is 0 Å². The SMILES string of the molecule is CC(C1CC1)N(C)c1nc(NN)nc(N(C)C)n1. The first-order valence-corrected chi connectivity index (χ1v) is 6.15. The highest BCUT2D eigenvalue weighted by Crippen LogP contribution is 2.35. The van der Waals surface area contributed by atoms with Gasteiger partial charge in [0.1, 0.15) is 0 Å². The number of nitrogens with two attached hydrogens (primary N) is 1. The maximum Gasteiger partial charge on any atom is 0.243 e. The first-order valence-electron chi connectivity index (χ1n) is 6.15. The quantitative estimate of drug-likeness (QED) is 0.581. The molecule has 1 aromatic rings. The Morgan fingerprint density at radius 3 is 2.28 bits per heavy atom. The second-order valence-corrected chi connectivity index (χ2v) is 4.99. The molecule has 100 valence electrons. The fourth-order valence-corrected chi connectivity index (χ4v) is 1.85. The lowest BCUT2D eigenvalue weighted by Gasteiger charge is -2.25. The van der Waals surface area contributed by atoms with Crippen LogP contribution in [0.3, 0.4) is 0 Å². The minimum Gasteiger partial charge on any atom is -0.347 e. The van der Waals surface area contributed by atoms with E-state index in [2.05, 4.69) is 32.2 Å². The van der Waals surface area contributed by atoms with Gasteiger partial charge < -0.3 is 9.80 Å². The van der Waals surface area contributed by atoms with E-state index in [0.717, 1.165) is 5.92 Å². The number of nitrogens with one attached hydrogen (secondary N) is 1. The molecular weight excluding hydrogens is 230 g/mol. The van der Waals surface area contributed by atoms with E-state index in [-0.39, 0.29) is 0 Å². The second-order valence-electron chi connectivity index (χ2n) is 4.99. The molecule has 1 heterocycles. The number of hydrogen-bond donors (Lipinski definition) is 2. The molecule has 7 nitrogen and oxygen atoms in total. The Morgan fingerprint density at radius 2 is 1.78 bits per heavy atom. The number of hydrogen-bond acceptors (Lipinski definition) is 7. The summed E-state index contributed by atoms with van der Waals surface area (Å²) in [6, 6.07) is 0.438. The van der Waals surface area contributed by atoms with Crippen LogP contribution in [0.15, 0.2) is 0 Å². The molecule has 1 atom stereocenters. The van der Waals surface area contributed by atoms with E-state index in [4.69, 9.17) is 5.84 Å².